The molecule has 8 atom stereocenters. The Morgan fingerprint density at radius 3 is 1.86 bits per heavy atom. The van der Waals surface area contributed by atoms with E-state index in [1.54, 1.807) is 24.3 Å². The summed E-state index contributed by atoms with van der Waals surface area (Å²) in [5.41, 5.74) is 1.55. The average molecular weight is 843 g/mol. The highest BCUT2D eigenvalue weighted by atomic mass is 28.4. The molecule has 2 fully saturated rings. The maximum atomic E-state index is 14.0. The van der Waals surface area contributed by atoms with Gasteiger partial charge in [0.2, 0.25) is 0 Å². The first-order chi connectivity index (χ1) is 26.0. The van der Waals surface area contributed by atoms with E-state index in [1.807, 2.05) is 24.3 Å². The summed E-state index contributed by atoms with van der Waals surface area (Å²) in [4.78, 5) is 27.7. The normalized spacial score (nSPS) is 26.1. The Balaban J connectivity index is 2.23. The Bertz CT molecular complexity index is 1550. The predicted octanol–water partition coefficient (Wildman–Crippen LogP) is 11.8. The lowest BCUT2D eigenvalue weighted by molar-refractivity contribution is -0.227. The second-order valence-electron chi connectivity index (χ2n) is 20.8. The molecule has 2 saturated heterocycles. The average Bonchev–Trinajstić information content (AvgIpc) is 3.45. The van der Waals surface area contributed by atoms with Crippen molar-refractivity contribution in [2.45, 2.75) is 205 Å². The van der Waals surface area contributed by atoms with Gasteiger partial charge >= 0.3 is 5.97 Å². The lowest BCUT2D eigenvalue weighted by Crippen LogP contribution is -2.68. The van der Waals surface area contributed by atoms with Gasteiger partial charge in [0, 0.05) is 6.42 Å². The van der Waals surface area contributed by atoms with Crippen LogP contribution in [0.15, 0.2) is 67.3 Å². The number of benzene rings is 1. The number of ether oxygens (including phenoxy) is 3. The van der Waals surface area contributed by atoms with Crippen molar-refractivity contribution in [2.24, 2.45) is 0 Å². The van der Waals surface area contributed by atoms with Gasteiger partial charge < -0.3 is 27.5 Å². The zero-order valence-electron chi connectivity index (χ0n) is 38.5. The molecule has 2 aliphatic heterocycles. The summed E-state index contributed by atoms with van der Waals surface area (Å²) in [7, 11) is -7.60. The summed E-state index contributed by atoms with van der Waals surface area (Å²) in [6.07, 6.45) is 4.24. The van der Waals surface area contributed by atoms with Gasteiger partial charge in [-0.2, -0.15) is 0 Å². The molecular formula is C46H78O8Si3. The number of carbonyl (C=O) groups is 2. The van der Waals surface area contributed by atoms with Crippen LogP contribution in [-0.2, 0) is 32.3 Å². The van der Waals surface area contributed by atoms with Crippen LogP contribution in [-0.4, -0.2) is 85.5 Å². The van der Waals surface area contributed by atoms with Gasteiger partial charge in [0.1, 0.15) is 24.4 Å². The van der Waals surface area contributed by atoms with E-state index in [0.29, 0.717) is 24.8 Å². The second kappa shape index (κ2) is 19.2. The minimum Gasteiger partial charge on any atom is -0.453 e. The van der Waals surface area contributed by atoms with E-state index in [1.165, 1.54) is 0 Å². The molecule has 2 heterocycles. The highest BCUT2D eigenvalue weighted by Crippen LogP contribution is 2.46. The van der Waals surface area contributed by atoms with Crippen LogP contribution in [0, 0.1) is 0 Å². The summed E-state index contributed by atoms with van der Waals surface area (Å²) in [6.45, 7) is 43.6. The van der Waals surface area contributed by atoms with Crippen LogP contribution in [0.3, 0.4) is 0 Å². The Labute approximate surface area is 349 Å². The lowest BCUT2D eigenvalue weighted by atomic mass is 9.90. The number of esters is 1. The Hall–Kier alpha value is -1.97. The molecule has 0 radical (unpaired) electrons. The molecule has 0 N–H and O–H groups in total. The number of carbonyl (C=O) groups excluding carboxylic acids is 2. The van der Waals surface area contributed by atoms with Crippen molar-refractivity contribution in [2.75, 3.05) is 0 Å². The van der Waals surface area contributed by atoms with Gasteiger partial charge in [-0.15, -0.1) is 6.58 Å². The summed E-state index contributed by atoms with van der Waals surface area (Å²) >= 11 is 0. The van der Waals surface area contributed by atoms with Gasteiger partial charge in [0.15, 0.2) is 36.8 Å². The van der Waals surface area contributed by atoms with Crippen LogP contribution in [0.2, 0.25) is 54.4 Å². The van der Waals surface area contributed by atoms with Crippen molar-refractivity contribution in [3.63, 3.8) is 0 Å². The van der Waals surface area contributed by atoms with Gasteiger partial charge in [0.05, 0.1) is 23.9 Å². The predicted molar refractivity (Wildman–Crippen MR) is 241 cm³/mol. The standard InChI is InChI=1S/C46H78O8Si3/c1-19-24-37-39(51-43(48)33-25-22-21-23-26-33)41(53-56(15,16)45(7,8)9)42(54-57(17,18)46(10,11)12)40(50-37)38(52-55(13,14)44(4,5)6)30-28-34(47)27-29-35-31-32(3)36(20-2)49-35/h19,21-23,25-26,28,30,35-42H,1,3,20,24,27,29,31H2,2,4-18H3/b30-28+/t35?,36-,37?,38?,39?,40-,41?,42?/m0/s1. The van der Waals surface area contributed by atoms with Crippen molar-refractivity contribution < 1.29 is 37.1 Å². The maximum Gasteiger partial charge on any atom is 0.338 e. The van der Waals surface area contributed by atoms with Crippen molar-refractivity contribution in [3.8, 4) is 0 Å². The minimum absolute atomic E-state index is 0.00273. The zero-order valence-corrected chi connectivity index (χ0v) is 41.5. The molecule has 0 aliphatic carbocycles. The molecule has 1 aromatic carbocycles. The molecular weight excluding hydrogens is 765 g/mol. The van der Waals surface area contributed by atoms with Crippen LogP contribution < -0.4 is 0 Å². The van der Waals surface area contributed by atoms with Crippen molar-refractivity contribution in [1.82, 2.24) is 0 Å². The van der Waals surface area contributed by atoms with Crippen LogP contribution in [0.5, 0.6) is 0 Å². The van der Waals surface area contributed by atoms with Gasteiger partial charge in [-0.25, -0.2) is 4.79 Å². The largest absolute Gasteiger partial charge is 0.453 e. The quantitative estimate of drug-likeness (QED) is 0.0663. The minimum atomic E-state index is -2.56. The number of hydrogen-bond donors (Lipinski definition) is 0. The van der Waals surface area contributed by atoms with Gasteiger partial charge in [0.25, 0.3) is 0 Å². The van der Waals surface area contributed by atoms with Crippen molar-refractivity contribution >= 4 is 36.7 Å². The van der Waals surface area contributed by atoms with Gasteiger partial charge in [-0.05, 0) is 104 Å². The van der Waals surface area contributed by atoms with E-state index in [-0.39, 0.29) is 33.1 Å². The van der Waals surface area contributed by atoms with Crippen molar-refractivity contribution in [3.05, 3.63) is 72.9 Å². The number of hydrogen-bond acceptors (Lipinski definition) is 8. The van der Waals surface area contributed by atoms with E-state index in [4.69, 9.17) is 27.5 Å². The van der Waals surface area contributed by atoms with E-state index in [9.17, 15) is 9.59 Å². The smallest absolute Gasteiger partial charge is 0.338 e. The fourth-order valence-electron chi connectivity index (χ4n) is 6.45. The van der Waals surface area contributed by atoms with E-state index in [0.717, 1.165) is 18.4 Å². The van der Waals surface area contributed by atoms with Crippen LogP contribution in [0.1, 0.15) is 112 Å². The molecule has 3 rings (SSSR count). The van der Waals surface area contributed by atoms with Crippen LogP contribution >= 0.6 is 0 Å². The lowest BCUT2D eigenvalue weighted by Gasteiger charge is -2.54. The monoisotopic (exact) mass is 843 g/mol. The molecule has 1 aromatic rings. The van der Waals surface area contributed by atoms with Gasteiger partial charge in [-0.3, -0.25) is 4.79 Å². The highest BCUT2D eigenvalue weighted by Gasteiger charge is 2.57. The van der Waals surface area contributed by atoms with Gasteiger partial charge in [-0.1, -0.05) is 106 Å². The third-order valence-electron chi connectivity index (χ3n) is 13.2. The van der Waals surface area contributed by atoms with E-state index < -0.39 is 67.5 Å². The summed E-state index contributed by atoms with van der Waals surface area (Å²) in [5.74, 6) is -0.455. The Kier molecular flexibility index (Phi) is 16.6. The third kappa shape index (κ3) is 12.8. The number of allylic oxidation sites excluding steroid dienone is 1. The van der Waals surface area contributed by atoms with E-state index in [2.05, 4.69) is 122 Å². The molecule has 6 unspecified atom stereocenters. The molecule has 0 saturated carbocycles. The second-order valence-corrected chi connectivity index (χ2v) is 35.1. The molecule has 0 bridgehead atoms. The van der Waals surface area contributed by atoms with E-state index >= 15 is 0 Å². The summed E-state index contributed by atoms with van der Waals surface area (Å²) in [6, 6.07) is 9.04. The first-order valence-corrected chi connectivity index (χ1v) is 29.9. The maximum absolute atomic E-state index is 14.0. The Morgan fingerprint density at radius 2 is 1.37 bits per heavy atom. The summed E-state index contributed by atoms with van der Waals surface area (Å²) in [5, 5.41) is -0.476. The Morgan fingerprint density at radius 1 is 0.825 bits per heavy atom. The molecule has 322 valence electrons. The molecule has 0 spiro atoms. The first kappa shape index (κ1) is 49.4. The fraction of sp³-hybridized carbons (Fsp3) is 0.696. The topological polar surface area (TPSA) is 89.5 Å². The summed E-state index contributed by atoms with van der Waals surface area (Å²) < 4.78 is 42.1. The molecule has 2 aliphatic rings. The molecule has 8 nitrogen and oxygen atoms in total. The fourth-order valence-corrected chi connectivity index (χ4v) is 10.3. The third-order valence-corrected chi connectivity index (χ3v) is 26.6. The number of rotatable bonds is 17. The molecule has 0 amide bonds. The SMILES string of the molecule is C=CCC1O[C@@H](C(/C=C/C(=O)CCC2CC(=C)[C@H](CC)O2)O[Si](C)(C)C(C)(C)C)C(O[Si](C)(C)C(C)(C)C)C(O[Si](C)(C)C(C)(C)C)C1OC(=O)c1ccccc1. The zero-order chi connectivity index (χ0) is 43.4. The highest BCUT2D eigenvalue weighted by molar-refractivity contribution is 6.75. The first-order valence-electron chi connectivity index (χ1n) is 21.1. The van der Waals surface area contributed by atoms with Crippen molar-refractivity contribution in [1.29, 1.82) is 0 Å². The van der Waals surface area contributed by atoms with Crippen LogP contribution in [0.4, 0.5) is 0 Å². The molecule has 11 heteroatoms. The number of ketones is 1. The molecule has 0 aromatic heterocycles. The molecule has 57 heavy (non-hydrogen) atoms. The van der Waals surface area contributed by atoms with Crippen LogP contribution in [0.25, 0.3) is 0 Å².